The fourth-order valence-corrected chi connectivity index (χ4v) is 1.77. The number of benzene rings is 1. The molecule has 0 aliphatic rings. The molecule has 2 heterocycles. The molecular weight excluding hydrogens is 247 g/mol. The van der Waals surface area contributed by atoms with Gasteiger partial charge in [0.05, 0.1) is 16.6 Å². The van der Waals surface area contributed by atoms with Crippen molar-refractivity contribution >= 4 is 22.5 Å². The molecule has 94 valence electrons. The summed E-state index contributed by atoms with van der Waals surface area (Å²) < 4.78 is 13.5. The number of rotatable bonds is 2. The molecule has 0 unspecified atom stereocenters. The zero-order chi connectivity index (χ0) is 13.2. The van der Waals surface area contributed by atoms with E-state index in [9.17, 15) is 9.18 Å². The highest BCUT2D eigenvalue weighted by atomic mass is 19.1. The smallest absolute Gasteiger partial charge is 0.276 e. The van der Waals surface area contributed by atoms with Gasteiger partial charge in [0.15, 0.2) is 5.69 Å². The van der Waals surface area contributed by atoms with Gasteiger partial charge in [0.1, 0.15) is 5.82 Å². The molecule has 2 aromatic heterocycles. The molecule has 1 amide bonds. The van der Waals surface area contributed by atoms with Crippen molar-refractivity contribution in [1.82, 2.24) is 15.2 Å². The summed E-state index contributed by atoms with van der Waals surface area (Å²) in [5.74, 6) is -0.974. The highest BCUT2D eigenvalue weighted by molar-refractivity contribution is 6.10. The van der Waals surface area contributed by atoms with Crippen LogP contribution in [0.25, 0.3) is 10.9 Å². The second kappa shape index (κ2) is 4.49. The van der Waals surface area contributed by atoms with Crippen molar-refractivity contribution in [3.8, 4) is 0 Å². The molecule has 1 aromatic carbocycles. The molecule has 3 aromatic rings. The average Bonchev–Trinajstić information content (AvgIpc) is 2.85. The number of amides is 1. The van der Waals surface area contributed by atoms with Crippen LogP contribution in [0.3, 0.4) is 0 Å². The summed E-state index contributed by atoms with van der Waals surface area (Å²) in [5, 5.41) is 9.72. The first-order valence-electron chi connectivity index (χ1n) is 5.59. The molecule has 0 aliphatic carbocycles. The van der Waals surface area contributed by atoms with Crippen LogP contribution in [0.4, 0.5) is 10.1 Å². The van der Waals surface area contributed by atoms with Gasteiger partial charge in [0, 0.05) is 12.4 Å². The van der Waals surface area contributed by atoms with Crippen LogP contribution < -0.4 is 5.32 Å². The van der Waals surface area contributed by atoms with E-state index in [1.54, 1.807) is 24.4 Å². The fraction of sp³-hybridized carbons (Fsp3) is 0. The Morgan fingerprint density at radius 2 is 2.11 bits per heavy atom. The van der Waals surface area contributed by atoms with Crippen LogP contribution in [0.1, 0.15) is 10.5 Å². The number of aromatic nitrogens is 3. The van der Waals surface area contributed by atoms with Gasteiger partial charge in [-0.25, -0.2) is 4.39 Å². The number of para-hydroxylation sites is 1. The molecule has 0 saturated carbocycles. The Kier molecular flexibility index (Phi) is 2.68. The summed E-state index contributed by atoms with van der Waals surface area (Å²) in [7, 11) is 0. The Morgan fingerprint density at radius 3 is 2.95 bits per heavy atom. The predicted octanol–water partition coefficient (Wildman–Crippen LogP) is 2.35. The summed E-state index contributed by atoms with van der Waals surface area (Å²) in [4.78, 5) is 16.0. The van der Waals surface area contributed by atoms with Crippen LogP contribution in [-0.4, -0.2) is 21.1 Å². The molecule has 2 N–H and O–H groups in total. The molecule has 5 nitrogen and oxygen atoms in total. The van der Waals surface area contributed by atoms with Gasteiger partial charge < -0.3 is 5.32 Å². The lowest BCUT2D eigenvalue weighted by Gasteiger charge is -2.04. The Labute approximate surface area is 107 Å². The van der Waals surface area contributed by atoms with Crippen LogP contribution in [0.2, 0.25) is 0 Å². The minimum Gasteiger partial charge on any atom is -0.318 e. The van der Waals surface area contributed by atoms with Crippen molar-refractivity contribution in [1.29, 1.82) is 0 Å². The van der Waals surface area contributed by atoms with E-state index >= 15 is 0 Å². The molecule has 0 spiro atoms. The van der Waals surface area contributed by atoms with E-state index < -0.39 is 11.7 Å². The van der Waals surface area contributed by atoms with Gasteiger partial charge in [-0.2, -0.15) is 5.10 Å². The van der Waals surface area contributed by atoms with Crippen LogP contribution in [0, 0.1) is 5.82 Å². The minimum atomic E-state index is -0.492. The number of fused-ring (bicyclic) bond motifs is 1. The lowest BCUT2D eigenvalue weighted by molar-refractivity contribution is 0.102. The lowest BCUT2D eigenvalue weighted by Crippen LogP contribution is -2.13. The molecule has 0 radical (unpaired) electrons. The first-order valence-corrected chi connectivity index (χ1v) is 5.59. The van der Waals surface area contributed by atoms with Gasteiger partial charge in [-0.3, -0.25) is 14.9 Å². The molecule has 0 fully saturated rings. The molecule has 19 heavy (non-hydrogen) atoms. The van der Waals surface area contributed by atoms with E-state index in [1.165, 1.54) is 18.3 Å². The summed E-state index contributed by atoms with van der Waals surface area (Å²) in [6.07, 6.45) is 3.13. The van der Waals surface area contributed by atoms with Gasteiger partial charge >= 0.3 is 0 Å². The van der Waals surface area contributed by atoms with Crippen molar-refractivity contribution in [2.75, 3.05) is 5.32 Å². The average molecular weight is 256 g/mol. The van der Waals surface area contributed by atoms with Crippen LogP contribution in [0.15, 0.2) is 42.7 Å². The van der Waals surface area contributed by atoms with E-state index in [0.717, 1.165) is 0 Å². The Hall–Kier alpha value is -2.76. The standard InChI is InChI=1S/C13H9FN4O/c14-9-3-1-2-4-11(9)16-13(19)12-8-7-15-6-5-10(8)17-18-12/h1-7H,(H,16,19)(H,17,18). The number of hydrogen-bond donors (Lipinski definition) is 2. The lowest BCUT2D eigenvalue weighted by atomic mass is 10.2. The Bertz CT molecular complexity index is 753. The maximum Gasteiger partial charge on any atom is 0.276 e. The van der Waals surface area contributed by atoms with E-state index in [1.807, 2.05) is 0 Å². The van der Waals surface area contributed by atoms with Gasteiger partial charge in [-0.1, -0.05) is 12.1 Å². The quantitative estimate of drug-likeness (QED) is 0.739. The third kappa shape index (κ3) is 2.03. The minimum absolute atomic E-state index is 0.118. The summed E-state index contributed by atoms with van der Waals surface area (Å²) in [6.45, 7) is 0. The monoisotopic (exact) mass is 256 g/mol. The van der Waals surface area contributed by atoms with E-state index in [4.69, 9.17) is 0 Å². The number of carbonyl (C=O) groups is 1. The second-order valence-corrected chi connectivity index (χ2v) is 3.93. The van der Waals surface area contributed by atoms with E-state index in [2.05, 4.69) is 20.5 Å². The third-order valence-electron chi connectivity index (χ3n) is 2.70. The number of nitrogens with one attached hydrogen (secondary N) is 2. The summed E-state index contributed by atoms with van der Waals surface area (Å²) in [6, 6.07) is 7.67. The van der Waals surface area contributed by atoms with Gasteiger partial charge in [-0.05, 0) is 18.2 Å². The van der Waals surface area contributed by atoms with Gasteiger partial charge in [0.2, 0.25) is 0 Å². The highest BCUT2D eigenvalue weighted by Gasteiger charge is 2.15. The largest absolute Gasteiger partial charge is 0.318 e. The van der Waals surface area contributed by atoms with Crippen molar-refractivity contribution in [3.05, 3.63) is 54.2 Å². The van der Waals surface area contributed by atoms with Crippen LogP contribution >= 0.6 is 0 Å². The molecule has 6 heteroatoms. The van der Waals surface area contributed by atoms with Crippen molar-refractivity contribution in [2.45, 2.75) is 0 Å². The number of H-pyrrole nitrogens is 1. The molecular formula is C13H9FN4O. The first kappa shape index (κ1) is 11.3. The number of pyridine rings is 1. The van der Waals surface area contributed by atoms with Crippen molar-refractivity contribution < 1.29 is 9.18 Å². The first-order chi connectivity index (χ1) is 9.25. The number of anilines is 1. The molecule has 0 atom stereocenters. The number of carbonyl (C=O) groups excluding carboxylic acids is 1. The van der Waals surface area contributed by atoms with E-state index in [0.29, 0.717) is 10.9 Å². The molecule has 3 rings (SSSR count). The van der Waals surface area contributed by atoms with Crippen LogP contribution in [0.5, 0.6) is 0 Å². The van der Waals surface area contributed by atoms with Crippen LogP contribution in [-0.2, 0) is 0 Å². The molecule has 0 aliphatic heterocycles. The normalized spacial score (nSPS) is 10.6. The van der Waals surface area contributed by atoms with Crippen molar-refractivity contribution in [3.63, 3.8) is 0 Å². The van der Waals surface area contributed by atoms with Crippen molar-refractivity contribution in [2.24, 2.45) is 0 Å². The third-order valence-corrected chi connectivity index (χ3v) is 2.70. The molecule has 0 saturated heterocycles. The van der Waals surface area contributed by atoms with Gasteiger partial charge in [0.25, 0.3) is 5.91 Å². The highest BCUT2D eigenvalue weighted by Crippen LogP contribution is 2.17. The Balaban J connectivity index is 1.95. The fourth-order valence-electron chi connectivity index (χ4n) is 1.77. The number of aromatic amines is 1. The Morgan fingerprint density at radius 1 is 1.26 bits per heavy atom. The molecule has 0 bridgehead atoms. The van der Waals surface area contributed by atoms with E-state index in [-0.39, 0.29) is 11.4 Å². The topological polar surface area (TPSA) is 70.7 Å². The van der Waals surface area contributed by atoms with Gasteiger partial charge in [-0.15, -0.1) is 0 Å². The summed E-state index contributed by atoms with van der Waals surface area (Å²) >= 11 is 0. The second-order valence-electron chi connectivity index (χ2n) is 3.93. The predicted molar refractivity (Wildman–Crippen MR) is 68.2 cm³/mol. The maximum absolute atomic E-state index is 13.5. The SMILES string of the molecule is O=C(Nc1ccccc1F)c1n[nH]c2ccncc12. The zero-order valence-electron chi connectivity index (χ0n) is 9.72. The number of halogens is 1. The maximum atomic E-state index is 13.5. The summed E-state index contributed by atoms with van der Waals surface area (Å²) in [5.41, 5.74) is 1.01. The number of hydrogen-bond acceptors (Lipinski definition) is 3. The zero-order valence-corrected chi connectivity index (χ0v) is 9.72. The number of nitrogens with zero attached hydrogens (tertiary/aromatic N) is 2.